The molecular weight excluding hydrogens is 268 g/mol. The first-order chi connectivity index (χ1) is 8.10. The minimum absolute atomic E-state index is 0.140. The fourth-order valence-corrected chi connectivity index (χ4v) is 2.60. The summed E-state index contributed by atoms with van der Waals surface area (Å²) in [4.78, 5) is 0. The van der Waals surface area contributed by atoms with Crippen molar-refractivity contribution in [3.05, 3.63) is 0 Å². The molecule has 0 atom stereocenters. The van der Waals surface area contributed by atoms with Gasteiger partial charge in [0.25, 0.3) is 0 Å². The Kier molecular flexibility index (Phi) is 3.92. The molecule has 1 saturated carbocycles. The van der Waals surface area contributed by atoms with Crippen molar-refractivity contribution in [1.29, 1.82) is 0 Å². The van der Waals surface area contributed by atoms with Crippen LogP contribution in [0.1, 0.15) is 27.7 Å². The zero-order valence-corrected chi connectivity index (χ0v) is 12.5. The lowest BCUT2D eigenvalue weighted by Gasteiger charge is -2.51. The van der Waals surface area contributed by atoms with Crippen LogP contribution in [0.4, 0.5) is 0 Å². The van der Waals surface area contributed by atoms with Crippen molar-refractivity contribution < 1.29 is 0 Å². The molecule has 1 rings (SSSR count). The van der Waals surface area contributed by atoms with Crippen molar-refractivity contribution in [3.63, 3.8) is 0 Å². The quantitative estimate of drug-likeness (QED) is 0.434. The summed E-state index contributed by atoms with van der Waals surface area (Å²) in [6.07, 6.45) is 0. The van der Waals surface area contributed by atoms with Gasteiger partial charge in [-0.2, -0.15) is 10.2 Å². The molecule has 0 spiro atoms. The second-order valence-electron chi connectivity index (χ2n) is 5.12. The number of thiocarbonyl (C=S) groups is 2. The van der Waals surface area contributed by atoms with Crippen LogP contribution >= 0.6 is 24.4 Å². The molecule has 0 aliphatic heterocycles. The molecular formula is C10H18N6S2. The van der Waals surface area contributed by atoms with E-state index in [9.17, 15) is 0 Å². The summed E-state index contributed by atoms with van der Waals surface area (Å²) in [5.74, 6) is 0. The summed E-state index contributed by atoms with van der Waals surface area (Å²) in [5, 5.41) is 8.76. The molecule has 0 aromatic heterocycles. The smallest absolute Gasteiger partial charge is 0.184 e. The molecule has 0 unspecified atom stereocenters. The first-order valence-electron chi connectivity index (χ1n) is 5.38. The molecule has 6 nitrogen and oxygen atoms in total. The van der Waals surface area contributed by atoms with E-state index in [2.05, 4.69) is 21.1 Å². The van der Waals surface area contributed by atoms with E-state index in [4.69, 9.17) is 35.9 Å². The molecule has 0 aromatic rings. The number of hydrazone groups is 2. The second kappa shape index (κ2) is 4.77. The van der Waals surface area contributed by atoms with Crippen molar-refractivity contribution in [2.45, 2.75) is 27.7 Å². The van der Waals surface area contributed by atoms with E-state index in [-0.39, 0.29) is 21.1 Å². The van der Waals surface area contributed by atoms with E-state index in [1.807, 2.05) is 27.7 Å². The Morgan fingerprint density at radius 3 is 1.39 bits per heavy atom. The summed E-state index contributed by atoms with van der Waals surface area (Å²) in [6, 6.07) is 0. The minimum atomic E-state index is -0.293. The van der Waals surface area contributed by atoms with Gasteiger partial charge in [-0.3, -0.25) is 10.9 Å². The number of nitrogens with one attached hydrogen (secondary N) is 2. The topological polar surface area (TPSA) is 101 Å². The summed E-state index contributed by atoms with van der Waals surface area (Å²) in [6.45, 7) is 8.05. The number of hydrogen-bond acceptors (Lipinski definition) is 4. The maximum Gasteiger partial charge on any atom is 0.184 e. The zero-order chi connectivity index (χ0) is 14.1. The molecule has 1 aliphatic carbocycles. The van der Waals surface area contributed by atoms with Crippen molar-refractivity contribution in [3.8, 4) is 0 Å². The molecule has 0 heterocycles. The van der Waals surface area contributed by atoms with Gasteiger partial charge in [-0.15, -0.1) is 0 Å². The maximum absolute atomic E-state index is 5.37. The van der Waals surface area contributed by atoms with Crippen LogP contribution in [0.15, 0.2) is 10.2 Å². The molecule has 6 N–H and O–H groups in total. The average Bonchev–Trinajstić information content (AvgIpc) is 2.14. The van der Waals surface area contributed by atoms with Crippen LogP contribution in [-0.4, -0.2) is 21.6 Å². The maximum atomic E-state index is 5.37. The molecule has 0 radical (unpaired) electrons. The fourth-order valence-electron chi connectivity index (χ4n) is 2.51. The van der Waals surface area contributed by atoms with Crippen LogP contribution in [-0.2, 0) is 0 Å². The normalized spacial score (nSPS) is 19.6. The van der Waals surface area contributed by atoms with Crippen LogP contribution in [0, 0.1) is 10.8 Å². The van der Waals surface area contributed by atoms with Gasteiger partial charge in [0.1, 0.15) is 0 Å². The van der Waals surface area contributed by atoms with E-state index >= 15 is 0 Å². The van der Waals surface area contributed by atoms with Gasteiger partial charge in [0, 0.05) is 10.8 Å². The molecule has 100 valence electrons. The molecule has 1 fully saturated rings. The van der Waals surface area contributed by atoms with Crippen LogP contribution in [0.5, 0.6) is 0 Å². The van der Waals surface area contributed by atoms with E-state index in [0.29, 0.717) is 0 Å². The minimum Gasteiger partial charge on any atom is -0.375 e. The van der Waals surface area contributed by atoms with Gasteiger partial charge in [-0.25, -0.2) is 0 Å². The average molecular weight is 286 g/mol. The lowest BCUT2D eigenvalue weighted by molar-refractivity contribution is 0.479. The lowest BCUT2D eigenvalue weighted by atomic mass is 9.52. The lowest BCUT2D eigenvalue weighted by Crippen LogP contribution is -2.62. The molecule has 0 bridgehead atoms. The van der Waals surface area contributed by atoms with Crippen LogP contribution < -0.4 is 22.3 Å². The number of rotatable bonds is 2. The number of hydrogen-bond donors (Lipinski definition) is 4. The highest BCUT2D eigenvalue weighted by Crippen LogP contribution is 2.47. The van der Waals surface area contributed by atoms with Crippen LogP contribution in [0.3, 0.4) is 0 Å². The first-order valence-corrected chi connectivity index (χ1v) is 6.20. The van der Waals surface area contributed by atoms with E-state index in [1.54, 1.807) is 0 Å². The van der Waals surface area contributed by atoms with E-state index in [0.717, 1.165) is 11.4 Å². The SMILES string of the molecule is CC1(C)C(=NNC(N)=S)C(C)(C)C1=NNC(N)=S. The van der Waals surface area contributed by atoms with Gasteiger partial charge < -0.3 is 11.5 Å². The molecule has 8 heteroatoms. The third-order valence-corrected chi connectivity index (χ3v) is 3.11. The highest BCUT2D eigenvalue weighted by Gasteiger charge is 2.57. The third kappa shape index (κ3) is 2.59. The molecule has 1 aliphatic rings. The highest BCUT2D eigenvalue weighted by atomic mass is 32.1. The predicted octanol–water partition coefficient (Wildman–Crippen LogP) is 0.431. The van der Waals surface area contributed by atoms with Gasteiger partial charge in [0.2, 0.25) is 0 Å². The molecule has 18 heavy (non-hydrogen) atoms. The second-order valence-corrected chi connectivity index (χ2v) is 6.00. The predicted molar refractivity (Wildman–Crippen MR) is 82.3 cm³/mol. The van der Waals surface area contributed by atoms with Crippen molar-refractivity contribution >= 4 is 46.1 Å². The Morgan fingerprint density at radius 2 is 1.17 bits per heavy atom. The van der Waals surface area contributed by atoms with Crippen molar-refractivity contribution in [1.82, 2.24) is 10.9 Å². The van der Waals surface area contributed by atoms with Gasteiger partial charge in [0.05, 0.1) is 11.4 Å². The largest absolute Gasteiger partial charge is 0.375 e. The Morgan fingerprint density at radius 1 is 0.889 bits per heavy atom. The Labute approximate surface area is 117 Å². The highest BCUT2D eigenvalue weighted by molar-refractivity contribution is 7.80. The summed E-state index contributed by atoms with van der Waals surface area (Å²) >= 11 is 9.47. The fraction of sp³-hybridized carbons (Fsp3) is 0.600. The van der Waals surface area contributed by atoms with E-state index in [1.165, 1.54) is 0 Å². The Bertz CT molecular complexity index is 391. The molecule has 0 saturated heterocycles. The van der Waals surface area contributed by atoms with Gasteiger partial charge in [-0.1, -0.05) is 0 Å². The Hall–Kier alpha value is -1.28. The van der Waals surface area contributed by atoms with Crippen molar-refractivity contribution in [2.75, 3.05) is 0 Å². The van der Waals surface area contributed by atoms with Crippen LogP contribution in [0.2, 0.25) is 0 Å². The number of nitrogens with zero attached hydrogens (tertiary/aromatic N) is 2. The summed E-state index contributed by atoms with van der Waals surface area (Å²) in [5.41, 5.74) is 17.2. The zero-order valence-electron chi connectivity index (χ0n) is 10.9. The van der Waals surface area contributed by atoms with Crippen molar-refractivity contribution in [2.24, 2.45) is 32.5 Å². The Balaban J connectivity index is 3.01. The van der Waals surface area contributed by atoms with Gasteiger partial charge in [-0.05, 0) is 52.1 Å². The first kappa shape index (κ1) is 14.8. The monoisotopic (exact) mass is 286 g/mol. The van der Waals surface area contributed by atoms with Gasteiger partial charge in [0.15, 0.2) is 10.2 Å². The summed E-state index contributed by atoms with van der Waals surface area (Å²) < 4.78 is 0. The number of nitrogens with two attached hydrogens (primary N) is 2. The summed E-state index contributed by atoms with van der Waals surface area (Å²) in [7, 11) is 0. The molecule has 0 amide bonds. The van der Waals surface area contributed by atoms with Crippen LogP contribution in [0.25, 0.3) is 0 Å². The van der Waals surface area contributed by atoms with Gasteiger partial charge >= 0.3 is 0 Å². The molecule has 0 aromatic carbocycles. The third-order valence-electron chi connectivity index (χ3n) is 2.92. The van der Waals surface area contributed by atoms with E-state index < -0.39 is 0 Å². The standard InChI is InChI=1S/C10H18N6S2/c1-9(2)5(13-15-7(11)17)10(3,4)6(9)14-16-8(12)18/h1-4H3,(H3,11,15,17)(H3,12,16,18).